The number of hydrogen-bond acceptors (Lipinski definition) is 4. The van der Waals surface area contributed by atoms with Gasteiger partial charge in [-0.3, -0.25) is 4.79 Å². The molecule has 102 valence electrons. The van der Waals surface area contributed by atoms with Crippen molar-refractivity contribution in [2.45, 2.75) is 26.2 Å². The maximum Gasteiger partial charge on any atom is 0.226 e. The van der Waals surface area contributed by atoms with Crippen molar-refractivity contribution in [3.05, 3.63) is 17.2 Å². The van der Waals surface area contributed by atoms with Crippen molar-refractivity contribution in [2.24, 2.45) is 0 Å². The quantitative estimate of drug-likeness (QED) is 0.904. The van der Waals surface area contributed by atoms with E-state index in [4.69, 9.17) is 16.3 Å². The zero-order valence-electron chi connectivity index (χ0n) is 10.8. The third kappa shape index (κ3) is 3.36. The Hall–Kier alpha value is -1.33. The minimum atomic E-state index is -0.000956. The number of amides is 1. The van der Waals surface area contributed by atoms with Gasteiger partial charge in [0.25, 0.3) is 0 Å². The highest BCUT2D eigenvalue weighted by Crippen LogP contribution is 2.34. The van der Waals surface area contributed by atoms with E-state index in [1.54, 1.807) is 13.2 Å². The molecule has 0 aliphatic heterocycles. The Morgan fingerprint density at radius 1 is 1.53 bits per heavy atom. The van der Waals surface area contributed by atoms with Gasteiger partial charge < -0.3 is 10.1 Å². The van der Waals surface area contributed by atoms with Crippen molar-refractivity contribution >= 4 is 44.2 Å². The predicted octanol–water partition coefficient (Wildman–Crippen LogP) is 4.09. The van der Waals surface area contributed by atoms with Gasteiger partial charge in [0.05, 0.1) is 22.3 Å². The maximum atomic E-state index is 11.6. The average molecular weight is 299 g/mol. The van der Waals surface area contributed by atoms with Gasteiger partial charge in [-0.05, 0) is 12.5 Å². The number of ether oxygens (including phenoxy) is 1. The second kappa shape index (κ2) is 6.21. The fourth-order valence-corrected chi connectivity index (χ4v) is 2.79. The van der Waals surface area contributed by atoms with E-state index in [9.17, 15) is 4.79 Å². The Morgan fingerprint density at radius 3 is 3.00 bits per heavy atom. The number of nitrogens with one attached hydrogen (secondary N) is 1. The summed E-state index contributed by atoms with van der Waals surface area (Å²) in [6, 6.07) is 3.57. The van der Waals surface area contributed by atoms with Crippen LogP contribution in [-0.4, -0.2) is 18.0 Å². The zero-order chi connectivity index (χ0) is 13.8. The number of nitrogens with zero attached hydrogens (tertiary/aromatic N) is 1. The van der Waals surface area contributed by atoms with Crippen LogP contribution in [0.1, 0.15) is 26.2 Å². The molecule has 1 aromatic carbocycles. The summed E-state index contributed by atoms with van der Waals surface area (Å²) >= 11 is 7.45. The molecule has 0 radical (unpaired) electrons. The highest BCUT2D eigenvalue weighted by Gasteiger charge is 2.10. The van der Waals surface area contributed by atoms with Crippen molar-refractivity contribution in [1.29, 1.82) is 0 Å². The fourth-order valence-electron chi connectivity index (χ4n) is 1.66. The molecule has 0 bridgehead atoms. The second-order valence-corrected chi connectivity index (χ2v) is 5.56. The van der Waals surface area contributed by atoms with Crippen LogP contribution in [0.25, 0.3) is 10.2 Å². The molecule has 1 N–H and O–H groups in total. The van der Waals surface area contributed by atoms with Gasteiger partial charge >= 0.3 is 0 Å². The molecule has 0 saturated heterocycles. The molecule has 2 aromatic rings. The van der Waals surface area contributed by atoms with Crippen LogP contribution in [-0.2, 0) is 4.79 Å². The lowest BCUT2D eigenvalue weighted by Gasteiger charge is -2.00. The van der Waals surface area contributed by atoms with Crippen LogP contribution in [0.3, 0.4) is 0 Å². The Morgan fingerprint density at radius 2 is 2.32 bits per heavy atom. The number of carbonyl (C=O) groups excluding carboxylic acids is 1. The summed E-state index contributed by atoms with van der Waals surface area (Å²) in [6.45, 7) is 2.05. The molecule has 2 rings (SSSR count). The van der Waals surface area contributed by atoms with E-state index in [1.807, 2.05) is 6.07 Å². The van der Waals surface area contributed by atoms with Crippen LogP contribution in [0.2, 0.25) is 5.02 Å². The summed E-state index contributed by atoms with van der Waals surface area (Å²) in [6.07, 6.45) is 2.41. The van der Waals surface area contributed by atoms with Crippen LogP contribution >= 0.6 is 22.9 Å². The zero-order valence-corrected chi connectivity index (χ0v) is 12.4. The lowest BCUT2D eigenvalue weighted by atomic mass is 10.2. The molecule has 1 amide bonds. The first-order chi connectivity index (χ1) is 9.13. The van der Waals surface area contributed by atoms with E-state index in [2.05, 4.69) is 17.2 Å². The van der Waals surface area contributed by atoms with E-state index in [0.717, 1.165) is 23.1 Å². The number of anilines is 1. The van der Waals surface area contributed by atoms with Gasteiger partial charge in [0.2, 0.25) is 5.91 Å². The summed E-state index contributed by atoms with van der Waals surface area (Å²) in [7, 11) is 1.57. The standard InChI is InChI=1S/C13H15ClN2O2S/c1-3-4-5-12(17)16-13-15-9-6-8(14)10(18-2)7-11(9)19-13/h6-7H,3-5H2,1-2H3,(H,15,16,17). The Kier molecular flexibility index (Phi) is 4.61. The predicted molar refractivity (Wildman–Crippen MR) is 79.3 cm³/mol. The Balaban J connectivity index is 2.19. The van der Waals surface area contributed by atoms with E-state index >= 15 is 0 Å². The molecule has 0 aliphatic carbocycles. The maximum absolute atomic E-state index is 11.6. The Bertz CT molecular complexity index is 598. The fraction of sp³-hybridized carbons (Fsp3) is 0.385. The third-order valence-corrected chi connectivity index (χ3v) is 3.89. The van der Waals surface area contributed by atoms with E-state index in [1.165, 1.54) is 11.3 Å². The average Bonchev–Trinajstić information content (AvgIpc) is 2.76. The number of aromatic nitrogens is 1. The van der Waals surface area contributed by atoms with Crippen molar-refractivity contribution in [3.63, 3.8) is 0 Å². The molecule has 1 aromatic heterocycles. The number of benzene rings is 1. The molecule has 0 aliphatic rings. The number of thiazole rings is 1. The van der Waals surface area contributed by atoms with Gasteiger partial charge in [0.15, 0.2) is 5.13 Å². The van der Waals surface area contributed by atoms with Crippen LogP contribution in [0.5, 0.6) is 5.75 Å². The molecular formula is C13H15ClN2O2S. The lowest BCUT2D eigenvalue weighted by Crippen LogP contribution is -2.10. The third-order valence-electron chi connectivity index (χ3n) is 2.67. The first kappa shape index (κ1) is 14.1. The molecule has 0 spiro atoms. The van der Waals surface area contributed by atoms with Gasteiger partial charge in [-0.2, -0.15) is 0 Å². The molecule has 19 heavy (non-hydrogen) atoms. The number of halogens is 1. The number of carbonyl (C=O) groups is 1. The van der Waals surface area contributed by atoms with Crippen molar-refractivity contribution < 1.29 is 9.53 Å². The van der Waals surface area contributed by atoms with Gasteiger partial charge in [0.1, 0.15) is 5.75 Å². The number of fused-ring (bicyclic) bond motifs is 1. The minimum Gasteiger partial charge on any atom is -0.495 e. The summed E-state index contributed by atoms with van der Waals surface area (Å²) < 4.78 is 6.09. The molecule has 1 heterocycles. The first-order valence-electron chi connectivity index (χ1n) is 6.08. The summed E-state index contributed by atoms with van der Waals surface area (Å²) in [4.78, 5) is 16.0. The topological polar surface area (TPSA) is 51.2 Å². The lowest BCUT2D eigenvalue weighted by molar-refractivity contribution is -0.116. The summed E-state index contributed by atoms with van der Waals surface area (Å²) in [5.41, 5.74) is 0.765. The number of methoxy groups -OCH3 is 1. The van der Waals surface area contributed by atoms with E-state index < -0.39 is 0 Å². The normalized spacial score (nSPS) is 10.7. The number of unbranched alkanes of at least 4 members (excludes halogenated alkanes) is 1. The van der Waals surface area contributed by atoms with Gasteiger partial charge in [-0.1, -0.05) is 36.3 Å². The summed E-state index contributed by atoms with van der Waals surface area (Å²) in [5, 5.41) is 3.92. The van der Waals surface area contributed by atoms with Gasteiger partial charge in [0, 0.05) is 12.5 Å². The van der Waals surface area contributed by atoms with Crippen LogP contribution < -0.4 is 10.1 Å². The molecule has 4 nitrogen and oxygen atoms in total. The number of rotatable bonds is 5. The largest absolute Gasteiger partial charge is 0.495 e. The molecular weight excluding hydrogens is 284 g/mol. The van der Waals surface area contributed by atoms with Crippen molar-refractivity contribution in [1.82, 2.24) is 4.98 Å². The van der Waals surface area contributed by atoms with E-state index in [0.29, 0.717) is 22.3 Å². The molecule has 0 saturated carbocycles. The van der Waals surface area contributed by atoms with Gasteiger partial charge in [-0.15, -0.1) is 0 Å². The molecule has 0 atom stereocenters. The van der Waals surface area contributed by atoms with Crippen LogP contribution in [0, 0.1) is 0 Å². The number of hydrogen-bond donors (Lipinski definition) is 1. The van der Waals surface area contributed by atoms with Gasteiger partial charge in [-0.25, -0.2) is 4.98 Å². The van der Waals surface area contributed by atoms with Crippen LogP contribution in [0.15, 0.2) is 12.1 Å². The molecule has 0 fully saturated rings. The first-order valence-corrected chi connectivity index (χ1v) is 7.27. The van der Waals surface area contributed by atoms with Crippen molar-refractivity contribution in [2.75, 3.05) is 12.4 Å². The van der Waals surface area contributed by atoms with E-state index in [-0.39, 0.29) is 5.91 Å². The van der Waals surface area contributed by atoms with Crippen molar-refractivity contribution in [3.8, 4) is 5.75 Å². The highest BCUT2D eigenvalue weighted by molar-refractivity contribution is 7.22. The summed E-state index contributed by atoms with van der Waals surface area (Å²) in [5.74, 6) is 0.612. The monoisotopic (exact) mass is 298 g/mol. The molecule has 0 unspecified atom stereocenters. The minimum absolute atomic E-state index is 0.000956. The highest BCUT2D eigenvalue weighted by atomic mass is 35.5. The van der Waals surface area contributed by atoms with Crippen LogP contribution in [0.4, 0.5) is 5.13 Å². The SMILES string of the molecule is CCCCC(=O)Nc1nc2cc(Cl)c(OC)cc2s1. The second-order valence-electron chi connectivity index (χ2n) is 4.13. The molecule has 6 heteroatoms. The Labute approximate surface area is 120 Å². The smallest absolute Gasteiger partial charge is 0.226 e.